The molecule has 0 aliphatic rings. The normalized spacial score (nSPS) is 10.7. The highest BCUT2D eigenvalue weighted by Gasteiger charge is 2.09. The van der Waals surface area contributed by atoms with Crippen LogP contribution in [0.2, 0.25) is 5.02 Å². The summed E-state index contributed by atoms with van der Waals surface area (Å²) in [6, 6.07) is 5.67. The highest BCUT2D eigenvalue weighted by atomic mass is 35.5. The first kappa shape index (κ1) is 13.7. The average molecular weight is 279 g/mol. The van der Waals surface area contributed by atoms with E-state index in [1.54, 1.807) is 6.20 Å². The van der Waals surface area contributed by atoms with E-state index in [2.05, 4.69) is 10.3 Å². The van der Waals surface area contributed by atoms with Gasteiger partial charge in [-0.3, -0.25) is 4.79 Å². The standard InChI is InChI=1S/C13H15ClN4O/c1-9-2-3-10(13(14)4-9)5-12(19)8-18-7-11(6-15)16-17-18/h2-4,7H,5-6,8,15H2,1H3. The van der Waals surface area contributed by atoms with Crippen LogP contribution >= 0.6 is 11.6 Å². The number of benzene rings is 1. The molecule has 1 aromatic heterocycles. The molecule has 0 bridgehead atoms. The van der Waals surface area contributed by atoms with E-state index in [0.717, 1.165) is 11.1 Å². The second-order valence-electron chi connectivity index (χ2n) is 4.42. The lowest BCUT2D eigenvalue weighted by Crippen LogP contribution is -2.13. The Morgan fingerprint density at radius 3 is 2.89 bits per heavy atom. The molecular formula is C13H15ClN4O. The molecule has 0 aliphatic carbocycles. The van der Waals surface area contributed by atoms with Gasteiger partial charge < -0.3 is 5.73 Å². The van der Waals surface area contributed by atoms with E-state index < -0.39 is 0 Å². The third-order valence-corrected chi connectivity index (χ3v) is 3.08. The van der Waals surface area contributed by atoms with E-state index >= 15 is 0 Å². The van der Waals surface area contributed by atoms with Gasteiger partial charge in [-0.05, 0) is 24.1 Å². The number of aryl methyl sites for hydroxylation is 1. The highest BCUT2D eigenvalue weighted by Crippen LogP contribution is 2.18. The molecule has 0 saturated heterocycles. The lowest BCUT2D eigenvalue weighted by atomic mass is 10.1. The van der Waals surface area contributed by atoms with Crippen molar-refractivity contribution in [3.8, 4) is 0 Å². The number of ketones is 1. The van der Waals surface area contributed by atoms with Crippen molar-refractivity contribution in [1.82, 2.24) is 15.0 Å². The molecule has 2 rings (SSSR count). The number of Topliss-reactive ketones (excluding diaryl/α,β-unsaturated/α-hetero) is 1. The second kappa shape index (κ2) is 5.95. The van der Waals surface area contributed by atoms with Crippen molar-refractivity contribution >= 4 is 17.4 Å². The molecule has 0 fully saturated rings. The van der Waals surface area contributed by atoms with Crippen LogP contribution in [0.3, 0.4) is 0 Å². The van der Waals surface area contributed by atoms with Crippen LogP contribution in [0.4, 0.5) is 0 Å². The van der Waals surface area contributed by atoms with Crippen molar-refractivity contribution in [3.05, 3.63) is 46.2 Å². The fourth-order valence-electron chi connectivity index (χ4n) is 1.75. The van der Waals surface area contributed by atoms with Gasteiger partial charge in [-0.1, -0.05) is 28.9 Å². The Kier molecular flexibility index (Phi) is 4.29. The van der Waals surface area contributed by atoms with Crippen LogP contribution in [0.25, 0.3) is 0 Å². The molecule has 6 heteroatoms. The first-order valence-corrected chi connectivity index (χ1v) is 6.32. The van der Waals surface area contributed by atoms with Gasteiger partial charge in [0.25, 0.3) is 0 Å². The SMILES string of the molecule is Cc1ccc(CC(=O)Cn2cc(CN)nn2)c(Cl)c1. The molecule has 0 amide bonds. The molecule has 2 aromatic rings. The van der Waals surface area contributed by atoms with E-state index in [1.165, 1.54) is 4.68 Å². The summed E-state index contributed by atoms with van der Waals surface area (Å²) in [5, 5.41) is 8.29. The second-order valence-corrected chi connectivity index (χ2v) is 4.83. The van der Waals surface area contributed by atoms with Crippen LogP contribution in [0, 0.1) is 6.92 Å². The Hall–Kier alpha value is -1.72. The van der Waals surface area contributed by atoms with Crippen molar-refractivity contribution in [3.63, 3.8) is 0 Å². The molecule has 0 spiro atoms. The van der Waals surface area contributed by atoms with Crippen LogP contribution < -0.4 is 5.73 Å². The number of aromatic nitrogens is 3. The number of rotatable bonds is 5. The zero-order chi connectivity index (χ0) is 13.8. The first-order valence-electron chi connectivity index (χ1n) is 5.94. The minimum atomic E-state index is 0.0271. The van der Waals surface area contributed by atoms with Crippen molar-refractivity contribution in [2.75, 3.05) is 0 Å². The zero-order valence-electron chi connectivity index (χ0n) is 10.6. The summed E-state index contributed by atoms with van der Waals surface area (Å²) in [5.41, 5.74) is 8.01. The van der Waals surface area contributed by atoms with E-state index in [1.807, 2.05) is 25.1 Å². The Labute approximate surface area is 116 Å². The Bertz CT molecular complexity index is 594. The van der Waals surface area contributed by atoms with Gasteiger partial charge >= 0.3 is 0 Å². The smallest absolute Gasteiger partial charge is 0.158 e. The fraction of sp³-hybridized carbons (Fsp3) is 0.308. The Morgan fingerprint density at radius 1 is 1.47 bits per heavy atom. The van der Waals surface area contributed by atoms with Gasteiger partial charge in [-0.15, -0.1) is 5.10 Å². The van der Waals surface area contributed by atoms with Crippen LogP contribution in [0.5, 0.6) is 0 Å². The topological polar surface area (TPSA) is 73.8 Å². The molecule has 0 saturated carbocycles. The molecule has 1 heterocycles. The predicted octanol–water partition coefficient (Wildman–Crippen LogP) is 1.51. The maximum absolute atomic E-state index is 11.9. The largest absolute Gasteiger partial charge is 0.325 e. The number of halogens is 1. The van der Waals surface area contributed by atoms with Gasteiger partial charge in [-0.2, -0.15) is 0 Å². The molecule has 19 heavy (non-hydrogen) atoms. The lowest BCUT2D eigenvalue weighted by molar-refractivity contribution is -0.119. The Balaban J connectivity index is 2.01. The first-order chi connectivity index (χ1) is 9.08. The molecular weight excluding hydrogens is 264 g/mol. The van der Waals surface area contributed by atoms with Gasteiger partial charge in [0.1, 0.15) is 6.54 Å². The molecule has 0 atom stereocenters. The van der Waals surface area contributed by atoms with Gasteiger partial charge in [0.15, 0.2) is 5.78 Å². The van der Waals surface area contributed by atoms with Gasteiger partial charge in [0.2, 0.25) is 0 Å². The molecule has 5 nitrogen and oxygen atoms in total. The van der Waals surface area contributed by atoms with Crippen LogP contribution in [0.15, 0.2) is 24.4 Å². The van der Waals surface area contributed by atoms with Crippen molar-refractivity contribution in [2.24, 2.45) is 5.73 Å². The van der Waals surface area contributed by atoms with E-state index in [-0.39, 0.29) is 18.7 Å². The summed E-state index contributed by atoms with van der Waals surface area (Å²) in [7, 11) is 0. The predicted molar refractivity (Wildman–Crippen MR) is 72.8 cm³/mol. The summed E-state index contributed by atoms with van der Waals surface area (Å²) in [6.45, 7) is 2.45. The zero-order valence-corrected chi connectivity index (χ0v) is 11.4. The molecule has 2 N–H and O–H groups in total. The number of nitrogens with two attached hydrogens (primary N) is 1. The molecule has 100 valence electrons. The third kappa shape index (κ3) is 3.62. The number of hydrogen-bond donors (Lipinski definition) is 1. The quantitative estimate of drug-likeness (QED) is 0.900. The van der Waals surface area contributed by atoms with Crippen LogP contribution in [-0.4, -0.2) is 20.8 Å². The molecule has 0 aliphatic heterocycles. The summed E-state index contributed by atoms with van der Waals surface area (Å²) in [5.74, 6) is 0.0271. The summed E-state index contributed by atoms with van der Waals surface area (Å²) in [4.78, 5) is 11.9. The Morgan fingerprint density at radius 2 is 2.26 bits per heavy atom. The van der Waals surface area contributed by atoms with Crippen LogP contribution in [-0.2, 0) is 24.3 Å². The van der Waals surface area contributed by atoms with Gasteiger partial charge in [0.05, 0.1) is 11.9 Å². The number of hydrogen-bond acceptors (Lipinski definition) is 4. The highest BCUT2D eigenvalue weighted by molar-refractivity contribution is 6.31. The minimum Gasteiger partial charge on any atom is -0.325 e. The molecule has 0 unspecified atom stereocenters. The summed E-state index contributed by atoms with van der Waals surface area (Å²) in [6.07, 6.45) is 1.96. The fourth-order valence-corrected chi connectivity index (χ4v) is 2.06. The number of carbonyl (C=O) groups is 1. The number of nitrogens with zero attached hydrogens (tertiary/aromatic N) is 3. The third-order valence-electron chi connectivity index (χ3n) is 2.73. The summed E-state index contributed by atoms with van der Waals surface area (Å²) >= 11 is 6.10. The van der Waals surface area contributed by atoms with Crippen molar-refractivity contribution < 1.29 is 4.79 Å². The molecule has 1 aromatic carbocycles. The summed E-state index contributed by atoms with van der Waals surface area (Å²) < 4.78 is 1.49. The van der Waals surface area contributed by atoms with E-state index in [4.69, 9.17) is 17.3 Å². The van der Waals surface area contributed by atoms with Crippen molar-refractivity contribution in [2.45, 2.75) is 26.4 Å². The van der Waals surface area contributed by atoms with Crippen molar-refractivity contribution in [1.29, 1.82) is 0 Å². The van der Waals surface area contributed by atoms with E-state index in [0.29, 0.717) is 17.3 Å². The van der Waals surface area contributed by atoms with Gasteiger partial charge in [-0.25, -0.2) is 4.68 Å². The molecule has 0 radical (unpaired) electrons. The van der Waals surface area contributed by atoms with E-state index in [9.17, 15) is 4.79 Å². The maximum Gasteiger partial charge on any atom is 0.158 e. The monoisotopic (exact) mass is 278 g/mol. The lowest BCUT2D eigenvalue weighted by Gasteiger charge is -2.04. The average Bonchev–Trinajstić information content (AvgIpc) is 2.80. The number of carbonyl (C=O) groups excluding carboxylic acids is 1. The van der Waals surface area contributed by atoms with Gasteiger partial charge in [0, 0.05) is 18.0 Å². The van der Waals surface area contributed by atoms with Crippen LogP contribution in [0.1, 0.15) is 16.8 Å². The maximum atomic E-state index is 11.9. The minimum absolute atomic E-state index is 0.0271.